The largest absolute Gasteiger partial charge is 0.382 e. The van der Waals surface area contributed by atoms with Crippen molar-refractivity contribution in [2.45, 2.75) is 71.6 Å². The first-order valence-corrected chi connectivity index (χ1v) is 22.9. The van der Waals surface area contributed by atoms with Crippen LogP contribution in [0, 0.1) is 61.5 Å². The molecule has 2 N–H and O–H groups in total. The average Bonchev–Trinajstić information content (AvgIpc) is 3.33. The number of aryl methyl sites for hydroxylation is 3. The predicted molar refractivity (Wildman–Crippen MR) is 264 cm³/mol. The summed E-state index contributed by atoms with van der Waals surface area (Å²) in [5.74, 6) is -4.14. The number of carbonyl (C=O) groups is 3. The van der Waals surface area contributed by atoms with Crippen LogP contribution in [0.3, 0.4) is 0 Å². The number of hydrogen-bond acceptors (Lipinski definition) is 5. The monoisotopic (exact) mass is 992 g/mol. The Kier molecular flexibility index (Phi) is 16.0. The first-order valence-electron chi connectivity index (χ1n) is 22.6. The van der Waals surface area contributed by atoms with Gasteiger partial charge in [-0.25, -0.2) is 30.7 Å². The molecule has 71 heavy (non-hydrogen) atoms. The van der Waals surface area contributed by atoms with Crippen LogP contribution >= 0.6 is 11.6 Å². The number of fused-ring (bicyclic) bond motifs is 2. The molecule has 0 spiro atoms. The van der Waals surface area contributed by atoms with E-state index in [4.69, 9.17) is 11.6 Å². The number of benzene rings is 7. The maximum atomic E-state index is 14.7. The van der Waals surface area contributed by atoms with Gasteiger partial charge in [-0.2, -0.15) is 0 Å². The lowest BCUT2D eigenvalue weighted by Crippen LogP contribution is -2.48. The topological polar surface area (TPSA) is 81.8 Å². The van der Waals surface area contributed by atoms with Gasteiger partial charge in [0.15, 0.2) is 0 Å². The maximum Gasteiger partial charge on any atom is 0.258 e. The summed E-state index contributed by atoms with van der Waals surface area (Å²) in [6.07, 6.45) is 1.02. The van der Waals surface area contributed by atoms with Crippen LogP contribution in [-0.4, -0.2) is 29.1 Å². The Bertz CT molecular complexity index is 3100. The van der Waals surface area contributed by atoms with Crippen molar-refractivity contribution >= 4 is 51.4 Å². The minimum absolute atomic E-state index is 0.0161. The van der Waals surface area contributed by atoms with Gasteiger partial charge >= 0.3 is 0 Å². The highest BCUT2D eigenvalue weighted by molar-refractivity contribution is 6.67. The van der Waals surface area contributed by atoms with Crippen LogP contribution in [0.2, 0.25) is 0 Å². The number of nitrogens with zero attached hydrogens (tertiary/aromatic N) is 2. The van der Waals surface area contributed by atoms with Crippen LogP contribution in [0.4, 0.5) is 53.5 Å². The van der Waals surface area contributed by atoms with Gasteiger partial charge in [-0.05, 0) is 197 Å². The van der Waals surface area contributed by atoms with Gasteiger partial charge in [0.1, 0.15) is 40.7 Å². The summed E-state index contributed by atoms with van der Waals surface area (Å²) in [7, 11) is 0. The molecular weight excluding hydrogens is 945 g/mol. The van der Waals surface area contributed by atoms with E-state index in [9.17, 15) is 45.1 Å². The second-order valence-electron chi connectivity index (χ2n) is 17.5. The molecule has 0 saturated heterocycles. The van der Waals surface area contributed by atoms with E-state index in [2.05, 4.69) is 17.6 Å². The quantitative estimate of drug-likeness (QED) is 0.123. The lowest BCUT2D eigenvalue weighted by Gasteiger charge is -2.43. The summed E-state index contributed by atoms with van der Waals surface area (Å²) in [5.41, 5.74) is 5.35. The third-order valence-corrected chi connectivity index (χ3v) is 12.5. The van der Waals surface area contributed by atoms with Crippen LogP contribution in [0.25, 0.3) is 0 Å². The summed E-state index contributed by atoms with van der Waals surface area (Å²) in [4.78, 5) is 40.9. The summed E-state index contributed by atoms with van der Waals surface area (Å²) < 4.78 is 96.4. The molecule has 4 atom stereocenters. The molecule has 2 aliphatic rings. The second-order valence-corrected chi connectivity index (χ2v) is 17.9. The number of halogens is 8. The fraction of sp³-hybridized carbons (Fsp3) is 0.196. The normalized spacial score (nSPS) is 16.7. The van der Waals surface area contributed by atoms with Gasteiger partial charge in [-0.1, -0.05) is 18.2 Å². The van der Waals surface area contributed by atoms with Crippen LogP contribution in [0.15, 0.2) is 140 Å². The number of carbonyl (C=O) groups excluding carboxylic acids is 3. The van der Waals surface area contributed by atoms with Crippen LogP contribution in [0.1, 0.15) is 97.7 Å². The van der Waals surface area contributed by atoms with E-state index in [1.165, 1.54) is 113 Å². The third kappa shape index (κ3) is 12.1. The van der Waals surface area contributed by atoms with Gasteiger partial charge in [0, 0.05) is 62.7 Å². The minimum atomic E-state index is -0.790. The highest BCUT2D eigenvalue weighted by atomic mass is 35.5. The summed E-state index contributed by atoms with van der Waals surface area (Å²) in [6, 6.07) is 31.7. The number of amides is 2. The second kappa shape index (κ2) is 22.1. The molecule has 0 unspecified atom stereocenters. The number of hydrogen-bond donors (Lipinski definition) is 2. The standard InChI is InChI=1S/C32H26F4N2O2.C16H16F2N2.C8H6ClFO/c1-18-4-6-21(15-27(18)35)31(39)37-20(3)14-30(26-17-24(34)10-13-29(26)37)38(25-11-8-23(33)9-12-25)32(40)22-7-5-19(2)28(36)16-22;1-10-8-16(20-13-5-2-11(17)3-6-13)14-9-12(18)4-7-15(14)19-10;1-5-2-3-6(8(9)11)4-7(5)10/h4-13,15-17,20,30H,14H2,1-3H3;2-7,9-10,16,19-20H,8H2,1H3;2-4H,1H3/t20-,30-;10-,16-;/m11./s1. The van der Waals surface area contributed by atoms with Crippen molar-refractivity contribution in [3.63, 3.8) is 0 Å². The van der Waals surface area contributed by atoms with Crippen molar-refractivity contribution in [1.29, 1.82) is 0 Å². The fourth-order valence-corrected chi connectivity index (χ4v) is 8.60. The number of anilines is 4. The first-order chi connectivity index (χ1) is 33.8. The van der Waals surface area contributed by atoms with E-state index < -0.39 is 58.2 Å². The summed E-state index contributed by atoms with van der Waals surface area (Å²) in [5, 5.41) is 6.06. The van der Waals surface area contributed by atoms with Crippen LogP contribution in [-0.2, 0) is 0 Å². The predicted octanol–water partition coefficient (Wildman–Crippen LogP) is 14.5. The zero-order chi connectivity index (χ0) is 51.3. The Morgan fingerprint density at radius 3 is 1.65 bits per heavy atom. The van der Waals surface area contributed by atoms with Crippen molar-refractivity contribution in [1.82, 2.24) is 0 Å². The van der Waals surface area contributed by atoms with Crippen molar-refractivity contribution < 1.29 is 45.1 Å². The lowest BCUT2D eigenvalue weighted by atomic mass is 9.88. The van der Waals surface area contributed by atoms with Gasteiger partial charge < -0.3 is 20.4 Å². The molecule has 0 aromatic heterocycles. The van der Waals surface area contributed by atoms with Gasteiger partial charge in [0.2, 0.25) is 0 Å². The highest BCUT2D eigenvalue weighted by Gasteiger charge is 2.40. The van der Waals surface area contributed by atoms with E-state index in [1.807, 2.05) is 0 Å². The molecule has 7 aromatic rings. The Labute approximate surface area is 411 Å². The number of nitrogens with one attached hydrogen (secondary N) is 2. The zero-order valence-electron chi connectivity index (χ0n) is 39.1. The van der Waals surface area contributed by atoms with Gasteiger partial charge in [-0.15, -0.1) is 0 Å². The summed E-state index contributed by atoms with van der Waals surface area (Å²) >= 11 is 5.12. The van der Waals surface area contributed by atoms with Crippen LogP contribution < -0.4 is 20.4 Å². The van der Waals surface area contributed by atoms with E-state index in [0.29, 0.717) is 39.7 Å². The molecule has 0 bridgehead atoms. The molecule has 2 amide bonds. The molecule has 7 nitrogen and oxygen atoms in total. The molecule has 0 aliphatic carbocycles. The zero-order valence-corrected chi connectivity index (χ0v) is 39.9. The molecule has 0 fully saturated rings. The van der Waals surface area contributed by atoms with Crippen LogP contribution in [0.5, 0.6) is 0 Å². The average molecular weight is 993 g/mol. The van der Waals surface area contributed by atoms with E-state index in [1.54, 1.807) is 52.0 Å². The molecular formula is C56H48ClF7N4O3. The van der Waals surface area contributed by atoms with Crippen molar-refractivity contribution in [3.05, 3.63) is 225 Å². The van der Waals surface area contributed by atoms with Crippen molar-refractivity contribution in [2.24, 2.45) is 0 Å². The fourth-order valence-electron chi connectivity index (χ4n) is 8.49. The van der Waals surface area contributed by atoms with Crippen molar-refractivity contribution in [2.75, 3.05) is 20.4 Å². The van der Waals surface area contributed by atoms with Gasteiger partial charge in [-0.3, -0.25) is 14.4 Å². The molecule has 2 heterocycles. The molecule has 0 radical (unpaired) electrons. The molecule has 9 rings (SSSR count). The third-order valence-electron chi connectivity index (χ3n) is 12.3. The minimum Gasteiger partial charge on any atom is -0.382 e. The highest BCUT2D eigenvalue weighted by Crippen LogP contribution is 2.44. The first kappa shape index (κ1) is 51.4. The van der Waals surface area contributed by atoms with E-state index >= 15 is 0 Å². The van der Waals surface area contributed by atoms with E-state index in [-0.39, 0.29) is 40.8 Å². The van der Waals surface area contributed by atoms with Gasteiger partial charge in [0.05, 0.1) is 12.1 Å². The Hall–Kier alpha value is -7.45. The van der Waals surface area contributed by atoms with E-state index in [0.717, 1.165) is 35.5 Å². The molecule has 2 aliphatic heterocycles. The summed E-state index contributed by atoms with van der Waals surface area (Å²) in [6.45, 7) is 8.66. The Balaban J connectivity index is 0.000000196. The molecule has 7 aromatic carbocycles. The molecule has 0 saturated carbocycles. The Morgan fingerprint density at radius 1 is 0.577 bits per heavy atom. The lowest BCUT2D eigenvalue weighted by molar-refractivity contribution is 0.0963. The smallest absolute Gasteiger partial charge is 0.258 e. The van der Waals surface area contributed by atoms with Crippen molar-refractivity contribution in [3.8, 4) is 0 Å². The van der Waals surface area contributed by atoms with Gasteiger partial charge in [0.25, 0.3) is 17.1 Å². The molecule has 15 heteroatoms. The SMILES string of the molecule is C[C@@H]1C[C@@H](Nc2ccc(F)cc2)c2cc(F)ccc2N1.Cc1ccc(C(=O)Cl)cc1F.Cc1ccc(C(=O)N2c3ccc(F)cc3[C@H](N(C(=O)c3ccc(C)c(F)c3)c3ccc(F)cc3)C[C@H]2C)cc1F. The Morgan fingerprint density at radius 2 is 1.07 bits per heavy atom. The molecule has 366 valence electrons. The maximum absolute atomic E-state index is 14.7. The number of rotatable bonds is 7.